The molecule has 0 aliphatic heterocycles. The molecule has 0 saturated carbocycles. The molecule has 0 atom stereocenters. The van der Waals surface area contributed by atoms with Gasteiger partial charge in [-0.1, -0.05) is 0 Å². The van der Waals surface area contributed by atoms with Crippen molar-refractivity contribution in [2.24, 2.45) is 0 Å². The Hall–Kier alpha value is -1.74. The van der Waals surface area contributed by atoms with Gasteiger partial charge in [0.2, 0.25) is 0 Å². The molecule has 0 aromatic heterocycles. The number of nitrogens with zero attached hydrogens (tertiary/aromatic N) is 4. The summed E-state index contributed by atoms with van der Waals surface area (Å²) >= 11 is -6.34. The standard InChI is InChI=1S/4NO2.Pd/c4*2-1-3;. The SMILES string of the molecule is O=[N+]([O-])[Pd]([N+](=O)[O-])([N+](=O)[O-])[N+](=O)[O-]. The first-order valence-corrected chi connectivity index (χ1v) is 4.81. The van der Waals surface area contributed by atoms with E-state index in [1.807, 2.05) is 0 Å². The van der Waals surface area contributed by atoms with Crippen molar-refractivity contribution in [1.29, 1.82) is 0 Å². The molecule has 0 fully saturated rings. The molecule has 0 N–H and O–H groups in total. The molecule has 0 heterocycles. The van der Waals surface area contributed by atoms with Crippen molar-refractivity contribution in [1.82, 2.24) is 0 Å². The fourth-order valence-electron chi connectivity index (χ4n) is 0.253. The topological polar surface area (TPSA) is 173 Å². The molecule has 0 bridgehead atoms. The molecule has 0 spiro atoms. The third-order valence-corrected chi connectivity index (χ3v) is 3.67. The fourth-order valence-corrected chi connectivity index (χ4v) is 1.50. The molecule has 0 saturated heterocycles. The van der Waals surface area contributed by atoms with Crippen LogP contribution in [0.4, 0.5) is 0 Å². The third-order valence-electron chi connectivity index (χ3n) is 0.620. The summed E-state index contributed by atoms with van der Waals surface area (Å²) in [6, 6.07) is 0. The van der Waals surface area contributed by atoms with Crippen molar-refractivity contribution in [3.05, 3.63) is 40.5 Å². The average Bonchev–Trinajstić information content (AvgIpc) is 1.82. The number of hydrogen-bond donors (Lipinski definition) is 0. The molecule has 0 unspecified atom stereocenters. The first-order chi connectivity index (χ1) is 5.77. The van der Waals surface area contributed by atoms with E-state index in [9.17, 15) is 40.5 Å². The van der Waals surface area contributed by atoms with Crippen molar-refractivity contribution >= 4 is 0 Å². The molecule has 13 heavy (non-hydrogen) atoms. The van der Waals surface area contributed by atoms with Crippen LogP contribution in [0.5, 0.6) is 0 Å². The van der Waals surface area contributed by atoms with Gasteiger partial charge in [0.1, 0.15) is 0 Å². The second-order valence-electron chi connectivity index (χ2n) is 1.14. The molecule has 0 amide bonds. The van der Waals surface area contributed by atoms with Crippen LogP contribution in [0.1, 0.15) is 0 Å². The van der Waals surface area contributed by atoms with Gasteiger partial charge in [0.15, 0.2) is 0 Å². The van der Waals surface area contributed by atoms with Crippen molar-refractivity contribution < 1.29 is 30.7 Å². The van der Waals surface area contributed by atoms with Gasteiger partial charge in [0.05, 0.1) is 0 Å². The summed E-state index contributed by atoms with van der Waals surface area (Å²) < 4.78 is -8.15. The third kappa shape index (κ3) is 1.41. The Balaban J connectivity index is 5.60. The molecule has 0 rings (SSSR count). The van der Waals surface area contributed by atoms with Crippen LogP contribution in [0, 0.1) is 40.5 Å². The predicted molar refractivity (Wildman–Crippen MR) is 28.0 cm³/mol. The van der Waals surface area contributed by atoms with Crippen LogP contribution < -0.4 is 0 Å². The summed E-state index contributed by atoms with van der Waals surface area (Å²) in [6.07, 6.45) is 0. The van der Waals surface area contributed by atoms with Crippen molar-refractivity contribution in [3.63, 3.8) is 0 Å². The van der Waals surface area contributed by atoms with Gasteiger partial charge in [-0.3, -0.25) is 0 Å². The van der Waals surface area contributed by atoms with E-state index < -0.39 is 30.7 Å². The summed E-state index contributed by atoms with van der Waals surface area (Å²) in [5.74, 6) is 0. The van der Waals surface area contributed by atoms with Gasteiger partial charge in [-0.05, 0) is 0 Å². The van der Waals surface area contributed by atoms with E-state index in [2.05, 4.69) is 0 Å². The van der Waals surface area contributed by atoms with Crippen LogP contribution in [-0.4, -0.2) is 14.2 Å². The van der Waals surface area contributed by atoms with Crippen LogP contribution in [0.3, 0.4) is 0 Å². The minimum atomic E-state index is -6.34. The molecule has 0 aromatic rings. The van der Waals surface area contributed by atoms with E-state index in [0.717, 1.165) is 0 Å². The maximum absolute atomic E-state index is 9.89. The fraction of sp³-hybridized carbons (Fsp3) is 0. The molecule has 0 aliphatic carbocycles. The molecule has 0 aromatic carbocycles. The normalized spacial score (nSPS) is 11.7. The average molecular weight is 290 g/mol. The summed E-state index contributed by atoms with van der Waals surface area (Å²) in [6.45, 7) is 0. The van der Waals surface area contributed by atoms with E-state index in [4.69, 9.17) is 0 Å². The zero-order valence-electron chi connectivity index (χ0n) is 5.37. The van der Waals surface area contributed by atoms with Crippen LogP contribution in [0.15, 0.2) is 0 Å². The van der Waals surface area contributed by atoms with Gasteiger partial charge in [-0.2, -0.15) is 0 Å². The second-order valence-corrected chi connectivity index (χ2v) is 5.28. The summed E-state index contributed by atoms with van der Waals surface area (Å²) in [5.41, 5.74) is 0. The Bertz CT molecular complexity index is 231. The summed E-state index contributed by atoms with van der Waals surface area (Å²) in [7, 11) is 0. The maximum atomic E-state index is 9.89. The molecular weight excluding hydrogens is 290 g/mol. The van der Waals surface area contributed by atoms with Crippen molar-refractivity contribution in [2.45, 2.75) is 0 Å². The van der Waals surface area contributed by atoms with E-state index >= 15 is 0 Å². The van der Waals surface area contributed by atoms with E-state index in [0.29, 0.717) is 0 Å². The Morgan fingerprint density at radius 2 is 0.769 bits per heavy atom. The zero-order valence-corrected chi connectivity index (χ0v) is 6.93. The molecular formula is N4O8Pd. The molecule has 12 nitrogen and oxygen atoms in total. The number of hydrogen-bond acceptors (Lipinski definition) is 8. The van der Waals surface area contributed by atoms with E-state index in [-0.39, 0.29) is 0 Å². The van der Waals surface area contributed by atoms with Gasteiger partial charge >= 0.3 is 71.2 Å². The van der Waals surface area contributed by atoms with E-state index in [1.54, 1.807) is 0 Å². The molecule has 13 heteroatoms. The zero-order chi connectivity index (χ0) is 10.8. The molecule has 0 radical (unpaired) electrons. The predicted octanol–water partition coefficient (Wildman–Crippen LogP) is -1.09. The van der Waals surface area contributed by atoms with Crippen LogP contribution in [-0.2, 0) is 16.5 Å². The van der Waals surface area contributed by atoms with E-state index in [1.165, 1.54) is 0 Å². The Kier molecular flexibility index (Phi) is 2.88. The van der Waals surface area contributed by atoms with Gasteiger partial charge in [0.25, 0.3) is 0 Å². The number of rotatable bonds is 4. The Morgan fingerprint density at radius 3 is 0.769 bits per heavy atom. The monoisotopic (exact) mass is 290 g/mol. The second kappa shape index (κ2) is 3.33. The number of nitro groups is 4. The Labute approximate surface area is 71.9 Å². The van der Waals surface area contributed by atoms with Gasteiger partial charge in [-0.25, -0.2) is 0 Å². The molecule has 78 valence electrons. The quantitative estimate of drug-likeness (QED) is 0.356. The van der Waals surface area contributed by atoms with Crippen LogP contribution >= 0.6 is 0 Å². The Morgan fingerprint density at radius 1 is 0.615 bits per heavy atom. The molecule has 0 aliphatic rings. The minimum absolute atomic E-state index is 2.04. The van der Waals surface area contributed by atoms with Crippen LogP contribution in [0.25, 0.3) is 0 Å². The summed E-state index contributed by atoms with van der Waals surface area (Å²) in [5, 5.41) is 39.6. The first-order valence-electron chi connectivity index (χ1n) is 2.03. The van der Waals surface area contributed by atoms with Gasteiger partial charge in [-0.15, -0.1) is 0 Å². The summed E-state index contributed by atoms with van der Waals surface area (Å²) in [4.78, 5) is 39.6. The first kappa shape index (κ1) is 11.3. The van der Waals surface area contributed by atoms with Crippen LogP contribution in [0.2, 0.25) is 0 Å². The van der Waals surface area contributed by atoms with Crippen molar-refractivity contribution in [3.8, 4) is 0 Å². The van der Waals surface area contributed by atoms with Crippen molar-refractivity contribution in [2.75, 3.05) is 0 Å². The van der Waals surface area contributed by atoms with Gasteiger partial charge in [0, 0.05) is 0 Å². The van der Waals surface area contributed by atoms with Gasteiger partial charge < -0.3 is 0 Å².